The van der Waals surface area contributed by atoms with E-state index >= 15 is 0 Å². The monoisotopic (exact) mass is 917 g/mol. The number of hydrogen-bond acceptors (Lipinski definition) is 4. The summed E-state index contributed by atoms with van der Waals surface area (Å²) in [6.07, 6.45) is 0. The van der Waals surface area contributed by atoms with E-state index in [9.17, 15) is 0 Å². The van der Waals surface area contributed by atoms with Crippen molar-refractivity contribution in [3.8, 4) is 27.9 Å². The van der Waals surface area contributed by atoms with E-state index in [0.717, 1.165) is 106 Å². The van der Waals surface area contributed by atoms with Crippen LogP contribution in [0.1, 0.15) is 0 Å². The van der Waals surface area contributed by atoms with Gasteiger partial charge >= 0.3 is 0 Å². The Labute approximate surface area is 414 Å². The van der Waals surface area contributed by atoms with Crippen molar-refractivity contribution in [2.75, 3.05) is 9.80 Å². The predicted octanol–water partition coefficient (Wildman–Crippen LogP) is 16.0. The van der Waals surface area contributed by atoms with Gasteiger partial charge in [0.25, 0.3) is 6.71 Å². The molecule has 16 rings (SSSR count). The van der Waals surface area contributed by atoms with Gasteiger partial charge in [0.15, 0.2) is 0 Å². The van der Waals surface area contributed by atoms with Crippen LogP contribution in [0.3, 0.4) is 0 Å². The third kappa shape index (κ3) is 5.54. The second-order valence-electron chi connectivity index (χ2n) is 19.2. The third-order valence-corrected chi connectivity index (χ3v) is 15.3. The van der Waals surface area contributed by atoms with Crippen LogP contribution in [-0.4, -0.2) is 11.3 Å². The molecule has 334 valence electrons. The van der Waals surface area contributed by atoms with Crippen molar-refractivity contribution in [1.82, 2.24) is 4.57 Å². The van der Waals surface area contributed by atoms with Crippen LogP contribution in [0.5, 0.6) is 0 Å². The van der Waals surface area contributed by atoms with Crippen molar-refractivity contribution < 1.29 is 8.83 Å². The van der Waals surface area contributed by atoms with E-state index in [-0.39, 0.29) is 6.71 Å². The number of benzene rings is 11. The first-order chi connectivity index (χ1) is 35.7. The van der Waals surface area contributed by atoms with Crippen LogP contribution in [0.15, 0.2) is 251 Å². The summed E-state index contributed by atoms with van der Waals surface area (Å²) in [7, 11) is 0. The molecule has 0 radical (unpaired) electrons. The normalized spacial score (nSPS) is 12.9. The highest BCUT2D eigenvalue weighted by molar-refractivity contribution is 7.00. The molecule has 0 fully saturated rings. The summed E-state index contributed by atoms with van der Waals surface area (Å²) < 4.78 is 16.1. The second kappa shape index (κ2) is 15.0. The van der Waals surface area contributed by atoms with Gasteiger partial charge in [-0.1, -0.05) is 182 Å². The molecule has 6 heteroatoms. The molecule has 0 aliphatic carbocycles. The number of hydrogen-bond donors (Lipinski definition) is 0. The zero-order chi connectivity index (χ0) is 47.0. The highest BCUT2D eigenvalue weighted by atomic mass is 16.3. The highest BCUT2D eigenvalue weighted by Gasteiger charge is 2.45. The van der Waals surface area contributed by atoms with Gasteiger partial charge in [-0.3, -0.25) is 0 Å². The molecule has 0 spiro atoms. The smallest absolute Gasteiger partial charge is 0.252 e. The quantitative estimate of drug-likeness (QED) is 0.161. The molecule has 0 bridgehead atoms. The van der Waals surface area contributed by atoms with E-state index in [0.29, 0.717) is 0 Å². The minimum Gasteiger partial charge on any atom is -0.456 e. The molecule has 0 amide bonds. The Morgan fingerprint density at radius 1 is 0.292 bits per heavy atom. The summed E-state index contributed by atoms with van der Waals surface area (Å²) in [4.78, 5) is 4.98. The lowest BCUT2D eigenvalue weighted by atomic mass is 9.33. The van der Waals surface area contributed by atoms with Crippen LogP contribution < -0.4 is 26.2 Å². The van der Waals surface area contributed by atoms with E-state index in [4.69, 9.17) is 8.83 Å². The van der Waals surface area contributed by atoms with Crippen LogP contribution in [0.2, 0.25) is 0 Å². The number of aromatic nitrogens is 1. The molecule has 0 unspecified atom stereocenters. The number of para-hydroxylation sites is 6. The Balaban J connectivity index is 1.10. The van der Waals surface area contributed by atoms with Crippen molar-refractivity contribution >= 4 is 123 Å². The molecular formula is C66H40BN3O2. The SMILES string of the molecule is c1ccc(-c2cccc3c4cccc(-c5ccccc5)c4n(-c4cc5c6c(c4)N(c4ccccc4)c4cc7oc8ccccc8c7cc4B6c4cc6c(cc4N5c4ccccc4)oc4ccccc46)c23)cc1. The maximum absolute atomic E-state index is 6.78. The lowest BCUT2D eigenvalue weighted by Crippen LogP contribution is -2.61. The van der Waals surface area contributed by atoms with Crippen LogP contribution in [0.25, 0.3) is 93.6 Å². The summed E-state index contributed by atoms with van der Waals surface area (Å²) in [5, 5.41) is 6.82. The highest BCUT2D eigenvalue weighted by Crippen LogP contribution is 2.50. The Morgan fingerprint density at radius 2 is 0.694 bits per heavy atom. The van der Waals surface area contributed by atoms with E-state index in [1.165, 1.54) is 38.3 Å². The standard InChI is InChI=1S/C66H40BN3O2/c1-5-19-41(20-6-1)46-29-17-31-50-51-32-18-30-47(42-21-7-2-8-22-42)66(51)70(65(46)50)45-35-58-64-59(36-45)69(44-25-11-4-12-26-44)57-40-63-53(49-28-14-16-34-61(49)72-63)38-55(57)67(64)54-37-52-48-27-13-15-33-60(48)71-62(52)39-56(54)68(58)43-23-9-3-10-24-43/h1-40H. The first-order valence-corrected chi connectivity index (χ1v) is 24.7. The van der Waals surface area contributed by atoms with Gasteiger partial charge in [0, 0.05) is 89.7 Å². The number of fused-ring (bicyclic) bond motifs is 13. The number of nitrogens with zero attached hydrogens (tertiary/aromatic N) is 3. The molecule has 11 aromatic carbocycles. The first kappa shape index (κ1) is 39.3. The fourth-order valence-corrected chi connectivity index (χ4v) is 12.3. The molecule has 0 atom stereocenters. The zero-order valence-corrected chi connectivity index (χ0v) is 38.8. The lowest BCUT2D eigenvalue weighted by Gasteiger charge is -2.44. The second-order valence-corrected chi connectivity index (χ2v) is 19.2. The molecule has 14 aromatic rings. The minimum atomic E-state index is -0.164. The number of furan rings is 2. The van der Waals surface area contributed by atoms with E-state index in [2.05, 4.69) is 257 Å². The van der Waals surface area contributed by atoms with Gasteiger partial charge in [-0.25, -0.2) is 0 Å². The van der Waals surface area contributed by atoms with Gasteiger partial charge in [0.1, 0.15) is 22.3 Å². The fourth-order valence-electron chi connectivity index (χ4n) is 12.3. The van der Waals surface area contributed by atoms with E-state index < -0.39 is 0 Å². The van der Waals surface area contributed by atoms with Gasteiger partial charge in [0.05, 0.1) is 16.7 Å². The van der Waals surface area contributed by atoms with Crippen molar-refractivity contribution in [3.63, 3.8) is 0 Å². The van der Waals surface area contributed by atoms with Crippen LogP contribution in [0, 0.1) is 0 Å². The largest absolute Gasteiger partial charge is 0.456 e. The van der Waals surface area contributed by atoms with E-state index in [1.54, 1.807) is 0 Å². The van der Waals surface area contributed by atoms with Gasteiger partial charge < -0.3 is 23.2 Å². The van der Waals surface area contributed by atoms with Gasteiger partial charge in [-0.2, -0.15) is 0 Å². The van der Waals surface area contributed by atoms with E-state index in [1.807, 2.05) is 0 Å². The zero-order valence-electron chi connectivity index (χ0n) is 38.8. The maximum Gasteiger partial charge on any atom is 0.252 e. The van der Waals surface area contributed by atoms with Crippen LogP contribution in [0.4, 0.5) is 34.1 Å². The molecule has 0 saturated heterocycles. The Morgan fingerprint density at radius 3 is 1.15 bits per heavy atom. The maximum atomic E-state index is 6.78. The fraction of sp³-hybridized carbons (Fsp3) is 0. The summed E-state index contributed by atoms with van der Waals surface area (Å²) >= 11 is 0. The Hall–Kier alpha value is -9.52. The summed E-state index contributed by atoms with van der Waals surface area (Å²) in [5.74, 6) is 0. The Bertz CT molecular complexity index is 4240. The van der Waals surface area contributed by atoms with Crippen molar-refractivity contribution in [1.29, 1.82) is 0 Å². The van der Waals surface area contributed by atoms with Crippen molar-refractivity contribution in [3.05, 3.63) is 243 Å². The molecule has 0 N–H and O–H groups in total. The average molecular weight is 918 g/mol. The van der Waals surface area contributed by atoms with Crippen molar-refractivity contribution in [2.45, 2.75) is 0 Å². The summed E-state index contributed by atoms with van der Waals surface area (Å²) in [5.41, 5.74) is 21.7. The Kier molecular flexibility index (Phi) is 8.19. The average Bonchev–Trinajstić information content (AvgIpc) is 4.12. The van der Waals surface area contributed by atoms with Crippen LogP contribution in [-0.2, 0) is 0 Å². The molecule has 72 heavy (non-hydrogen) atoms. The molecule has 5 nitrogen and oxygen atoms in total. The molecular weight excluding hydrogens is 878 g/mol. The predicted molar refractivity (Wildman–Crippen MR) is 300 cm³/mol. The summed E-state index contributed by atoms with van der Waals surface area (Å²) in [6.45, 7) is -0.164. The molecule has 2 aliphatic rings. The minimum absolute atomic E-state index is 0.164. The topological polar surface area (TPSA) is 37.7 Å². The van der Waals surface area contributed by atoms with Gasteiger partial charge in [0.2, 0.25) is 0 Å². The first-order valence-electron chi connectivity index (χ1n) is 24.7. The molecule has 2 aliphatic heterocycles. The van der Waals surface area contributed by atoms with Gasteiger partial charge in [-0.05, 0) is 76.0 Å². The molecule has 0 saturated carbocycles. The lowest BCUT2D eigenvalue weighted by molar-refractivity contribution is 0.668. The van der Waals surface area contributed by atoms with Crippen molar-refractivity contribution in [2.24, 2.45) is 0 Å². The van der Waals surface area contributed by atoms with Gasteiger partial charge in [-0.15, -0.1) is 0 Å². The van der Waals surface area contributed by atoms with Crippen LogP contribution >= 0.6 is 0 Å². The molecule has 3 aromatic heterocycles. The summed E-state index contributed by atoms with van der Waals surface area (Å²) in [6, 6.07) is 88.2. The number of anilines is 6. The third-order valence-electron chi connectivity index (χ3n) is 15.3. The number of rotatable bonds is 5. The molecule has 5 heterocycles.